The molecule has 2 aromatic rings. The summed E-state index contributed by atoms with van der Waals surface area (Å²) < 4.78 is 34.4. The molecular weight excluding hydrogens is 328 g/mol. The number of nitrogens with zero attached hydrogens (tertiary/aromatic N) is 4. The van der Waals surface area contributed by atoms with Crippen LogP contribution in [0.5, 0.6) is 0 Å². The molecule has 1 aromatic heterocycles. The van der Waals surface area contributed by atoms with Crippen LogP contribution in [0.1, 0.15) is 48.4 Å². The molecule has 2 fully saturated rings. The summed E-state index contributed by atoms with van der Waals surface area (Å²) in [5.74, 6) is 0.211. The molecule has 4 rings (SSSR count). The van der Waals surface area contributed by atoms with Gasteiger partial charge in [0.05, 0.1) is 23.8 Å². The number of anilines is 1. The Morgan fingerprint density at radius 3 is 2.64 bits per heavy atom. The minimum Gasteiger partial charge on any atom is -0.380 e. The Hall–Kier alpha value is -2.53. The zero-order chi connectivity index (χ0) is 17.6. The van der Waals surface area contributed by atoms with Gasteiger partial charge in [0, 0.05) is 26.0 Å². The second-order valence-corrected chi connectivity index (χ2v) is 6.51. The third-order valence-corrected chi connectivity index (χ3v) is 4.81. The van der Waals surface area contributed by atoms with Gasteiger partial charge in [-0.2, -0.15) is 10.4 Å². The minimum atomic E-state index is -0.764. The summed E-state index contributed by atoms with van der Waals surface area (Å²) in [5, 5.41) is 16.0. The predicted molar refractivity (Wildman–Crippen MR) is 84.9 cm³/mol. The molecule has 130 valence electrons. The first kappa shape index (κ1) is 16.0. The van der Waals surface area contributed by atoms with E-state index in [-0.39, 0.29) is 23.4 Å². The van der Waals surface area contributed by atoms with Crippen LogP contribution in [-0.4, -0.2) is 34.9 Å². The fourth-order valence-electron chi connectivity index (χ4n) is 3.34. The maximum absolute atomic E-state index is 14.5. The topological polar surface area (TPSA) is 77.8 Å². The van der Waals surface area contributed by atoms with Crippen LogP contribution in [0.4, 0.5) is 14.5 Å². The summed E-state index contributed by atoms with van der Waals surface area (Å²) in [7, 11) is 1.58. The van der Waals surface area contributed by atoms with Gasteiger partial charge in [-0.3, -0.25) is 5.10 Å². The van der Waals surface area contributed by atoms with E-state index in [1.54, 1.807) is 18.1 Å². The number of methoxy groups -OCH3 is 1. The molecule has 1 saturated heterocycles. The molecule has 0 unspecified atom stereocenters. The number of aromatic amines is 1. The molecule has 2 aliphatic rings. The van der Waals surface area contributed by atoms with Crippen molar-refractivity contribution in [3.63, 3.8) is 0 Å². The lowest BCUT2D eigenvalue weighted by Gasteiger charge is -2.25. The average molecular weight is 345 g/mol. The van der Waals surface area contributed by atoms with Crippen molar-refractivity contribution in [3.8, 4) is 6.07 Å². The number of ether oxygens (including phenoxy) is 1. The second kappa shape index (κ2) is 6.08. The van der Waals surface area contributed by atoms with Crippen LogP contribution in [0.3, 0.4) is 0 Å². The van der Waals surface area contributed by atoms with Crippen molar-refractivity contribution < 1.29 is 13.5 Å². The first-order chi connectivity index (χ1) is 12.1. The molecule has 0 radical (unpaired) electrons. The number of benzene rings is 1. The van der Waals surface area contributed by atoms with E-state index in [9.17, 15) is 8.78 Å². The van der Waals surface area contributed by atoms with Crippen molar-refractivity contribution >= 4 is 5.69 Å². The number of rotatable bonds is 4. The molecule has 1 N–H and O–H groups in total. The lowest BCUT2D eigenvalue weighted by Crippen LogP contribution is -2.27. The van der Waals surface area contributed by atoms with Gasteiger partial charge in [-0.15, -0.1) is 0 Å². The predicted octanol–water partition coefficient (Wildman–Crippen LogP) is 2.80. The highest BCUT2D eigenvalue weighted by molar-refractivity contribution is 5.55. The van der Waals surface area contributed by atoms with Crippen molar-refractivity contribution in [3.05, 3.63) is 41.0 Å². The molecule has 0 spiro atoms. The first-order valence-electron chi connectivity index (χ1n) is 8.21. The van der Waals surface area contributed by atoms with Crippen LogP contribution in [0, 0.1) is 23.0 Å². The van der Waals surface area contributed by atoms with Gasteiger partial charge >= 0.3 is 0 Å². The maximum atomic E-state index is 14.5. The third kappa shape index (κ3) is 2.85. The Labute approximate surface area is 143 Å². The van der Waals surface area contributed by atoms with Gasteiger partial charge in [-0.25, -0.2) is 13.8 Å². The summed E-state index contributed by atoms with van der Waals surface area (Å²) in [6.45, 7) is 0.334. The Balaban J connectivity index is 1.71. The molecule has 8 heteroatoms. The summed E-state index contributed by atoms with van der Waals surface area (Å²) in [4.78, 5) is 6.14. The van der Waals surface area contributed by atoms with E-state index in [4.69, 9.17) is 10.00 Å². The fourth-order valence-corrected chi connectivity index (χ4v) is 3.34. The van der Waals surface area contributed by atoms with Gasteiger partial charge in [0.1, 0.15) is 11.5 Å². The highest BCUT2D eigenvalue weighted by atomic mass is 19.1. The lowest BCUT2D eigenvalue weighted by molar-refractivity contribution is 0.118. The van der Waals surface area contributed by atoms with Gasteiger partial charge in [-0.1, -0.05) is 0 Å². The highest BCUT2D eigenvalue weighted by Gasteiger charge is 2.39. The molecule has 1 aromatic carbocycles. The normalized spacial score (nSPS) is 23.0. The molecule has 1 aliphatic carbocycles. The van der Waals surface area contributed by atoms with E-state index < -0.39 is 11.6 Å². The quantitative estimate of drug-likeness (QED) is 0.922. The first-order valence-corrected chi connectivity index (χ1v) is 8.21. The van der Waals surface area contributed by atoms with Gasteiger partial charge in [-0.05, 0) is 25.0 Å². The standard InChI is InChI=1S/C17H17F2N5O/c1-25-11-6-14(17-21-16(22-23-17)10-2-3-10)24(8-11)15-12(18)4-9(7-20)5-13(15)19/h4-5,10-11,14H,2-3,6,8H2,1H3,(H,21,22,23)/t11-,14+/m1/s1. The number of H-pyrrole nitrogens is 1. The van der Waals surface area contributed by atoms with E-state index in [0.717, 1.165) is 30.8 Å². The van der Waals surface area contributed by atoms with Crippen LogP contribution in [0.25, 0.3) is 0 Å². The van der Waals surface area contributed by atoms with Crippen LogP contribution >= 0.6 is 0 Å². The Morgan fingerprint density at radius 2 is 2.04 bits per heavy atom. The van der Waals surface area contributed by atoms with Crippen LogP contribution in [-0.2, 0) is 4.74 Å². The minimum absolute atomic E-state index is 0.0477. The fraction of sp³-hybridized carbons (Fsp3) is 0.471. The number of nitrogens with one attached hydrogen (secondary N) is 1. The number of halogens is 2. The lowest BCUT2D eigenvalue weighted by atomic mass is 10.1. The van der Waals surface area contributed by atoms with Crippen molar-refractivity contribution in [1.82, 2.24) is 15.2 Å². The van der Waals surface area contributed by atoms with Crippen molar-refractivity contribution in [1.29, 1.82) is 5.26 Å². The summed E-state index contributed by atoms with van der Waals surface area (Å²) >= 11 is 0. The third-order valence-electron chi connectivity index (χ3n) is 4.81. The van der Waals surface area contributed by atoms with Crippen LogP contribution in [0.2, 0.25) is 0 Å². The largest absolute Gasteiger partial charge is 0.380 e. The SMILES string of the molecule is CO[C@@H]1C[C@@H](c2nc(C3CC3)n[nH]2)N(c2c(F)cc(C#N)cc2F)C1. The van der Waals surface area contributed by atoms with E-state index in [1.165, 1.54) is 0 Å². The zero-order valence-electron chi connectivity index (χ0n) is 13.7. The molecule has 0 bridgehead atoms. The molecule has 0 amide bonds. The van der Waals surface area contributed by atoms with E-state index in [0.29, 0.717) is 24.7 Å². The zero-order valence-corrected chi connectivity index (χ0v) is 13.7. The van der Waals surface area contributed by atoms with E-state index in [1.807, 2.05) is 0 Å². The average Bonchev–Trinajstić information content (AvgIpc) is 3.18. The second-order valence-electron chi connectivity index (χ2n) is 6.51. The van der Waals surface area contributed by atoms with Gasteiger partial charge in [0.15, 0.2) is 17.5 Å². The summed E-state index contributed by atoms with van der Waals surface area (Å²) in [5.41, 5.74) is -0.207. The molecular formula is C17H17F2N5O. The van der Waals surface area contributed by atoms with E-state index in [2.05, 4.69) is 15.2 Å². The summed E-state index contributed by atoms with van der Waals surface area (Å²) in [6.07, 6.45) is 2.53. The number of aromatic nitrogens is 3. The van der Waals surface area contributed by atoms with Crippen molar-refractivity contribution in [2.45, 2.75) is 37.3 Å². The van der Waals surface area contributed by atoms with Crippen molar-refractivity contribution in [2.24, 2.45) is 0 Å². The Bertz CT molecular complexity index is 819. The number of hydrogen-bond acceptors (Lipinski definition) is 5. The number of nitriles is 1. The molecule has 1 aliphatic heterocycles. The molecule has 2 heterocycles. The number of hydrogen-bond donors (Lipinski definition) is 1. The Kier molecular flexibility index (Phi) is 3.88. The van der Waals surface area contributed by atoms with Gasteiger partial charge in [0.25, 0.3) is 0 Å². The van der Waals surface area contributed by atoms with Gasteiger partial charge in [0.2, 0.25) is 0 Å². The van der Waals surface area contributed by atoms with Crippen LogP contribution in [0.15, 0.2) is 12.1 Å². The van der Waals surface area contributed by atoms with Gasteiger partial charge < -0.3 is 9.64 Å². The molecule has 6 nitrogen and oxygen atoms in total. The van der Waals surface area contributed by atoms with Crippen molar-refractivity contribution in [2.75, 3.05) is 18.6 Å². The monoisotopic (exact) mass is 345 g/mol. The Morgan fingerprint density at radius 1 is 1.32 bits per heavy atom. The molecule has 1 saturated carbocycles. The molecule has 25 heavy (non-hydrogen) atoms. The van der Waals surface area contributed by atoms with Crippen LogP contribution < -0.4 is 4.90 Å². The maximum Gasteiger partial charge on any atom is 0.153 e. The smallest absolute Gasteiger partial charge is 0.153 e. The molecule has 2 atom stereocenters. The van der Waals surface area contributed by atoms with E-state index >= 15 is 0 Å². The summed E-state index contributed by atoms with van der Waals surface area (Å²) in [6, 6.07) is 3.50. The highest BCUT2D eigenvalue weighted by Crippen LogP contribution is 2.41.